The summed E-state index contributed by atoms with van der Waals surface area (Å²) >= 11 is 17.3. The zero-order valence-electron chi connectivity index (χ0n) is 13.7. The molecule has 0 saturated carbocycles. The molecule has 0 unspecified atom stereocenters. The summed E-state index contributed by atoms with van der Waals surface area (Å²) in [5.74, 6) is -0.0817. The van der Waals surface area contributed by atoms with Crippen LogP contribution in [0.3, 0.4) is 0 Å². The summed E-state index contributed by atoms with van der Waals surface area (Å²) in [5.41, 5.74) is 3.55. The molecule has 130 valence electrons. The average molecular weight is 395 g/mol. The molecule has 0 fully saturated rings. The fourth-order valence-corrected chi connectivity index (χ4v) is 3.35. The van der Waals surface area contributed by atoms with Crippen LogP contribution in [0.15, 0.2) is 24.3 Å². The Morgan fingerprint density at radius 2 is 2.00 bits per heavy atom. The number of benzene rings is 1. The summed E-state index contributed by atoms with van der Waals surface area (Å²) in [6, 6.07) is 6.89. The van der Waals surface area contributed by atoms with Gasteiger partial charge in [0.15, 0.2) is 4.77 Å². The first-order valence-corrected chi connectivity index (χ1v) is 8.88. The fourth-order valence-electron chi connectivity index (χ4n) is 2.65. The van der Waals surface area contributed by atoms with Gasteiger partial charge in [0.2, 0.25) is 0 Å². The Balaban J connectivity index is 2.16. The molecule has 3 aromatic rings. The first-order valence-electron chi connectivity index (χ1n) is 7.72. The molecule has 0 radical (unpaired) electrons. The molecule has 1 aromatic carbocycles. The Morgan fingerprint density at radius 1 is 1.24 bits per heavy atom. The van der Waals surface area contributed by atoms with Gasteiger partial charge in [0, 0.05) is 17.6 Å². The van der Waals surface area contributed by atoms with Crippen LogP contribution >= 0.6 is 35.4 Å². The van der Waals surface area contributed by atoms with E-state index in [-0.39, 0.29) is 10.8 Å². The van der Waals surface area contributed by atoms with Crippen molar-refractivity contribution in [2.75, 3.05) is 0 Å². The third kappa shape index (κ3) is 3.71. The van der Waals surface area contributed by atoms with Crippen molar-refractivity contribution in [3.8, 4) is 28.4 Å². The van der Waals surface area contributed by atoms with Gasteiger partial charge in [-0.1, -0.05) is 36.5 Å². The van der Waals surface area contributed by atoms with Crippen molar-refractivity contribution in [2.24, 2.45) is 7.05 Å². The molecule has 2 N–H and O–H groups in total. The summed E-state index contributed by atoms with van der Waals surface area (Å²) in [5, 5.41) is 15.3. The Bertz CT molecular complexity index is 997. The maximum absolute atomic E-state index is 10.3. The lowest BCUT2D eigenvalue weighted by molar-refractivity contribution is 0.477. The first-order chi connectivity index (χ1) is 11.9. The summed E-state index contributed by atoms with van der Waals surface area (Å²) in [7, 11) is 1.87. The van der Waals surface area contributed by atoms with E-state index in [1.807, 2.05) is 13.1 Å². The zero-order chi connectivity index (χ0) is 18.1. The van der Waals surface area contributed by atoms with Crippen LogP contribution in [0.5, 0.6) is 5.75 Å². The summed E-state index contributed by atoms with van der Waals surface area (Å²) in [6.07, 6.45) is 1.92. The topological polar surface area (TPSA) is 66.7 Å². The lowest BCUT2D eigenvalue weighted by atomic mass is 10.1. The number of aryl methyl sites for hydroxylation is 2. The van der Waals surface area contributed by atoms with Crippen molar-refractivity contribution in [3.05, 3.63) is 44.8 Å². The molecule has 0 aliphatic heterocycles. The van der Waals surface area contributed by atoms with Gasteiger partial charge >= 0.3 is 0 Å². The van der Waals surface area contributed by atoms with Crippen LogP contribution < -0.4 is 0 Å². The lowest BCUT2D eigenvalue weighted by Gasteiger charge is -2.09. The number of aromatic nitrogens is 4. The number of hydrogen-bond donors (Lipinski definition) is 2. The molecule has 5 nitrogen and oxygen atoms in total. The molecule has 0 spiro atoms. The molecule has 2 heterocycles. The normalized spacial score (nSPS) is 11.0. The average Bonchev–Trinajstić information content (AvgIpc) is 2.91. The summed E-state index contributed by atoms with van der Waals surface area (Å²) in [6.45, 7) is 2.11. The van der Waals surface area contributed by atoms with E-state index in [0.717, 1.165) is 29.9 Å². The number of phenols is 1. The van der Waals surface area contributed by atoms with Crippen molar-refractivity contribution in [3.63, 3.8) is 0 Å². The van der Waals surface area contributed by atoms with Gasteiger partial charge in [0.25, 0.3) is 0 Å². The van der Waals surface area contributed by atoms with Crippen molar-refractivity contribution in [2.45, 2.75) is 19.8 Å². The van der Waals surface area contributed by atoms with E-state index in [0.29, 0.717) is 21.1 Å². The molecule has 0 amide bonds. The second-order valence-electron chi connectivity index (χ2n) is 5.66. The summed E-state index contributed by atoms with van der Waals surface area (Å²) < 4.78 is 2.08. The molecule has 0 atom stereocenters. The smallest absolute Gasteiger partial charge is 0.197 e. The number of nitrogens with one attached hydrogen (secondary N) is 1. The van der Waals surface area contributed by atoms with E-state index < -0.39 is 0 Å². The highest BCUT2D eigenvalue weighted by atomic mass is 35.5. The minimum Gasteiger partial charge on any atom is -0.506 e. The molecular formula is C17H16Cl2N4OS. The van der Waals surface area contributed by atoms with Gasteiger partial charge in [0.05, 0.1) is 27.8 Å². The minimum absolute atomic E-state index is 0.0817. The van der Waals surface area contributed by atoms with Gasteiger partial charge in [0.1, 0.15) is 5.75 Å². The Kier molecular flexibility index (Phi) is 5.13. The first kappa shape index (κ1) is 17.9. The molecular weight excluding hydrogens is 379 g/mol. The van der Waals surface area contributed by atoms with E-state index in [9.17, 15) is 5.11 Å². The molecule has 3 rings (SSSR count). The van der Waals surface area contributed by atoms with Crippen LogP contribution in [0.4, 0.5) is 0 Å². The highest BCUT2D eigenvalue weighted by Gasteiger charge is 2.15. The second kappa shape index (κ2) is 7.15. The Hall–Kier alpha value is -1.89. The molecule has 2 aromatic heterocycles. The molecule has 0 aliphatic rings. The molecule has 0 bridgehead atoms. The number of halogens is 2. The van der Waals surface area contributed by atoms with Gasteiger partial charge in [-0.2, -0.15) is 5.10 Å². The van der Waals surface area contributed by atoms with E-state index in [1.165, 1.54) is 6.07 Å². The highest BCUT2D eigenvalue weighted by Crippen LogP contribution is 2.37. The standard InChI is InChI=1S/C17H16Cl2N4OS/c1-3-4-10-7-15(23(2)22-10)14-8-13(20-17(25)21-14)11-5-9(18)6-12(19)16(11)24/h5-8,24H,3-4H2,1-2H3,(H,20,21,25). The van der Waals surface area contributed by atoms with Crippen molar-refractivity contribution < 1.29 is 5.11 Å². The van der Waals surface area contributed by atoms with Gasteiger partial charge in [-0.05, 0) is 42.9 Å². The van der Waals surface area contributed by atoms with Crippen molar-refractivity contribution in [1.29, 1.82) is 0 Å². The number of nitrogens with zero attached hydrogens (tertiary/aromatic N) is 3. The van der Waals surface area contributed by atoms with E-state index in [4.69, 9.17) is 35.4 Å². The van der Waals surface area contributed by atoms with Crippen LogP contribution in [0.25, 0.3) is 22.6 Å². The Morgan fingerprint density at radius 3 is 2.72 bits per heavy atom. The van der Waals surface area contributed by atoms with Crippen LogP contribution in [-0.4, -0.2) is 24.9 Å². The zero-order valence-corrected chi connectivity index (χ0v) is 16.0. The van der Waals surface area contributed by atoms with E-state index >= 15 is 0 Å². The van der Waals surface area contributed by atoms with E-state index in [1.54, 1.807) is 16.8 Å². The third-order valence-corrected chi connectivity index (χ3v) is 4.46. The molecule has 8 heteroatoms. The lowest BCUT2D eigenvalue weighted by Crippen LogP contribution is -1.98. The minimum atomic E-state index is -0.0817. The number of aromatic amines is 1. The monoisotopic (exact) mass is 394 g/mol. The fraction of sp³-hybridized carbons (Fsp3) is 0.235. The Labute approximate surface area is 160 Å². The van der Waals surface area contributed by atoms with Gasteiger partial charge in [-0.15, -0.1) is 0 Å². The number of hydrogen-bond acceptors (Lipinski definition) is 4. The molecule has 0 aliphatic carbocycles. The van der Waals surface area contributed by atoms with Crippen LogP contribution in [0, 0.1) is 4.77 Å². The predicted molar refractivity (Wildman–Crippen MR) is 103 cm³/mol. The van der Waals surface area contributed by atoms with Crippen molar-refractivity contribution in [1.82, 2.24) is 19.7 Å². The van der Waals surface area contributed by atoms with Crippen molar-refractivity contribution >= 4 is 35.4 Å². The van der Waals surface area contributed by atoms with Crippen LogP contribution in [0.1, 0.15) is 19.0 Å². The predicted octanol–water partition coefficient (Wildman–Crippen LogP) is 5.17. The number of aromatic hydroxyl groups is 1. The summed E-state index contributed by atoms with van der Waals surface area (Å²) in [4.78, 5) is 7.37. The largest absolute Gasteiger partial charge is 0.506 e. The highest BCUT2D eigenvalue weighted by molar-refractivity contribution is 7.71. The number of rotatable bonds is 4. The van der Waals surface area contributed by atoms with Gasteiger partial charge in [-0.3, -0.25) is 4.68 Å². The van der Waals surface area contributed by atoms with Gasteiger partial charge in [-0.25, -0.2) is 4.98 Å². The maximum Gasteiger partial charge on any atom is 0.197 e. The third-order valence-electron chi connectivity index (χ3n) is 3.76. The van der Waals surface area contributed by atoms with Crippen LogP contribution in [-0.2, 0) is 13.5 Å². The quantitative estimate of drug-likeness (QED) is 0.598. The van der Waals surface area contributed by atoms with Crippen LogP contribution in [0.2, 0.25) is 10.0 Å². The van der Waals surface area contributed by atoms with E-state index in [2.05, 4.69) is 22.0 Å². The number of H-pyrrole nitrogens is 1. The van der Waals surface area contributed by atoms with Gasteiger partial charge < -0.3 is 10.1 Å². The number of phenolic OH excluding ortho intramolecular Hbond substituents is 1. The maximum atomic E-state index is 10.3. The molecule has 25 heavy (non-hydrogen) atoms. The molecule has 0 saturated heterocycles. The SMILES string of the molecule is CCCc1cc(-c2cc(-c3cc(Cl)cc(Cl)c3O)nc(=S)[nH]2)n(C)n1. The second-order valence-corrected chi connectivity index (χ2v) is 6.89.